The highest BCUT2D eigenvalue weighted by atomic mass is 35.5. The first kappa shape index (κ1) is 20.5. The fourth-order valence-corrected chi connectivity index (χ4v) is 3.01. The minimum absolute atomic E-state index is 0. The molecule has 130 valence electrons. The fourth-order valence-electron chi connectivity index (χ4n) is 2.36. The summed E-state index contributed by atoms with van der Waals surface area (Å²) in [6.07, 6.45) is 1.35. The summed E-state index contributed by atoms with van der Waals surface area (Å²) in [6.45, 7) is 1.70. The highest BCUT2D eigenvalue weighted by Crippen LogP contribution is 2.29. The molecule has 1 aliphatic heterocycles. The zero-order chi connectivity index (χ0) is 15.9. The first-order valence-corrected chi connectivity index (χ1v) is 8.04. The highest BCUT2D eigenvalue weighted by Gasteiger charge is 2.17. The minimum Gasteiger partial charge on any atom is -0.386 e. The lowest BCUT2D eigenvalue weighted by molar-refractivity contribution is -0.120. The summed E-state index contributed by atoms with van der Waals surface area (Å²) in [7, 11) is 0. The van der Waals surface area contributed by atoms with Crippen LogP contribution in [0.2, 0.25) is 10.0 Å². The van der Waals surface area contributed by atoms with Crippen LogP contribution in [0.5, 0.6) is 0 Å². The fraction of sp³-hybridized carbons (Fsp3) is 0.533. The van der Waals surface area contributed by atoms with E-state index in [1.165, 1.54) is 0 Å². The summed E-state index contributed by atoms with van der Waals surface area (Å²) < 4.78 is 5.45. The van der Waals surface area contributed by atoms with Gasteiger partial charge in [-0.05, 0) is 25.0 Å². The molecule has 0 bridgehead atoms. The van der Waals surface area contributed by atoms with Gasteiger partial charge >= 0.3 is 0 Å². The number of rotatable bonds is 7. The molecule has 3 N–H and O–H groups in total. The molecule has 23 heavy (non-hydrogen) atoms. The maximum absolute atomic E-state index is 11.7. The van der Waals surface area contributed by atoms with Crippen LogP contribution < -0.4 is 10.6 Å². The second kappa shape index (κ2) is 10.3. The summed E-state index contributed by atoms with van der Waals surface area (Å²) in [5, 5.41) is 16.6. The van der Waals surface area contributed by atoms with Crippen molar-refractivity contribution in [2.75, 3.05) is 26.2 Å². The number of ether oxygens (including phenoxy) is 1. The van der Waals surface area contributed by atoms with Crippen molar-refractivity contribution >= 4 is 41.5 Å². The third-order valence-electron chi connectivity index (χ3n) is 3.51. The number of hydrogen-bond donors (Lipinski definition) is 3. The van der Waals surface area contributed by atoms with Crippen LogP contribution in [0, 0.1) is 0 Å². The standard InChI is InChI=1S/C15H20Cl2N2O3.ClH/c16-11-4-1-5-12(17)15(11)13(20)8-19-14(21)9-18-7-10-3-2-6-22-10;/h1,4-5,10,13,18,20H,2-3,6-9H2,(H,19,21);1H. The molecule has 1 amide bonds. The van der Waals surface area contributed by atoms with Gasteiger partial charge in [-0.25, -0.2) is 0 Å². The number of halogens is 3. The van der Waals surface area contributed by atoms with Gasteiger partial charge in [0.15, 0.2) is 0 Å². The van der Waals surface area contributed by atoms with E-state index in [4.69, 9.17) is 27.9 Å². The van der Waals surface area contributed by atoms with Crippen LogP contribution in [-0.4, -0.2) is 43.4 Å². The molecule has 0 spiro atoms. The van der Waals surface area contributed by atoms with Crippen molar-refractivity contribution in [3.8, 4) is 0 Å². The monoisotopic (exact) mass is 382 g/mol. The number of carbonyl (C=O) groups excluding carboxylic acids is 1. The van der Waals surface area contributed by atoms with Crippen molar-refractivity contribution < 1.29 is 14.6 Å². The van der Waals surface area contributed by atoms with Crippen molar-refractivity contribution in [2.24, 2.45) is 0 Å². The molecule has 1 aromatic carbocycles. The average Bonchev–Trinajstić information content (AvgIpc) is 2.98. The van der Waals surface area contributed by atoms with E-state index >= 15 is 0 Å². The molecule has 1 aliphatic rings. The molecular formula is C15H21Cl3N2O3. The topological polar surface area (TPSA) is 70.6 Å². The van der Waals surface area contributed by atoms with Crippen LogP contribution in [0.25, 0.3) is 0 Å². The molecule has 1 aromatic rings. The van der Waals surface area contributed by atoms with Gasteiger partial charge < -0.3 is 20.5 Å². The second-order valence-electron chi connectivity index (χ2n) is 5.22. The maximum Gasteiger partial charge on any atom is 0.234 e. The molecule has 2 atom stereocenters. The number of nitrogens with one attached hydrogen (secondary N) is 2. The summed E-state index contributed by atoms with van der Waals surface area (Å²) >= 11 is 12.0. The van der Waals surface area contributed by atoms with Gasteiger partial charge in [0.25, 0.3) is 0 Å². The van der Waals surface area contributed by atoms with Crippen molar-refractivity contribution in [3.05, 3.63) is 33.8 Å². The van der Waals surface area contributed by atoms with Gasteiger partial charge in [0.1, 0.15) is 0 Å². The van der Waals surface area contributed by atoms with Crippen LogP contribution >= 0.6 is 35.6 Å². The van der Waals surface area contributed by atoms with Gasteiger partial charge in [0.2, 0.25) is 5.91 Å². The lowest BCUT2D eigenvalue weighted by Crippen LogP contribution is -2.38. The van der Waals surface area contributed by atoms with Crippen LogP contribution in [0.3, 0.4) is 0 Å². The Morgan fingerprint density at radius 1 is 1.39 bits per heavy atom. The van der Waals surface area contributed by atoms with Gasteiger partial charge in [0, 0.05) is 35.3 Å². The largest absolute Gasteiger partial charge is 0.386 e. The number of aliphatic hydroxyl groups is 1. The Morgan fingerprint density at radius 3 is 2.70 bits per heavy atom. The van der Waals surface area contributed by atoms with E-state index in [1.54, 1.807) is 18.2 Å². The van der Waals surface area contributed by atoms with Crippen LogP contribution in [0.1, 0.15) is 24.5 Å². The first-order chi connectivity index (χ1) is 10.6. The number of hydrogen-bond acceptors (Lipinski definition) is 4. The predicted octanol–water partition coefficient (Wildman–Crippen LogP) is 2.33. The molecular weight excluding hydrogens is 363 g/mol. The Bertz CT molecular complexity index is 490. The Kier molecular flexibility index (Phi) is 9.20. The van der Waals surface area contributed by atoms with Crippen LogP contribution in [0.15, 0.2) is 18.2 Å². The normalized spacial score (nSPS) is 18.3. The van der Waals surface area contributed by atoms with E-state index < -0.39 is 6.10 Å². The molecule has 1 saturated heterocycles. The number of aliphatic hydroxyl groups excluding tert-OH is 1. The minimum atomic E-state index is -0.941. The molecule has 5 nitrogen and oxygen atoms in total. The van der Waals surface area contributed by atoms with E-state index in [0.29, 0.717) is 22.2 Å². The zero-order valence-corrected chi connectivity index (χ0v) is 14.9. The van der Waals surface area contributed by atoms with Crippen molar-refractivity contribution in [3.63, 3.8) is 0 Å². The maximum atomic E-state index is 11.7. The Balaban J connectivity index is 0.00000264. The molecule has 2 rings (SSSR count). The number of benzene rings is 1. The van der Waals surface area contributed by atoms with E-state index in [2.05, 4.69) is 10.6 Å². The van der Waals surface area contributed by atoms with E-state index in [9.17, 15) is 9.90 Å². The highest BCUT2D eigenvalue weighted by molar-refractivity contribution is 6.36. The van der Waals surface area contributed by atoms with Gasteiger partial charge in [-0.2, -0.15) is 0 Å². The quantitative estimate of drug-likeness (QED) is 0.676. The van der Waals surface area contributed by atoms with Crippen LogP contribution in [-0.2, 0) is 9.53 Å². The first-order valence-electron chi connectivity index (χ1n) is 7.29. The third kappa shape index (κ3) is 6.45. The molecule has 8 heteroatoms. The second-order valence-corrected chi connectivity index (χ2v) is 6.04. The molecule has 0 aromatic heterocycles. The Hall–Kier alpha value is -0.560. The molecule has 0 saturated carbocycles. The molecule has 2 unspecified atom stereocenters. The lowest BCUT2D eigenvalue weighted by Gasteiger charge is -2.16. The van der Waals surface area contributed by atoms with E-state index in [-0.39, 0.29) is 37.5 Å². The van der Waals surface area contributed by atoms with Gasteiger partial charge in [-0.15, -0.1) is 12.4 Å². The molecule has 0 aliphatic carbocycles. The summed E-state index contributed by atoms with van der Waals surface area (Å²) in [5.74, 6) is -0.194. The smallest absolute Gasteiger partial charge is 0.234 e. The molecule has 1 heterocycles. The number of amides is 1. The summed E-state index contributed by atoms with van der Waals surface area (Å²) in [4.78, 5) is 11.7. The summed E-state index contributed by atoms with van der Waals surface area (Å²) in [6, 6.07) is 5.00. The summed E-state index contributed by atoms with van der Waals surface area (Å²) in [5.41, 5.74) is 0.429. The van der Waals surface area contributed by atoms with Crippen molar-refractivity contribution in [1.29, 1.82) is 0 Å². The van der Waals surface area contributed by atoms with Crippen molar-refractivity contribution in [2.45, 2.75) is 25.0 Å². The van der Waals surface area contributed by atoms with Crippen molar-refractivity contribution in [1.82, 2.24) is 10.6 Å². The van der Waals surface area contributed by atoms with Crippen LogP contribution in [0.4, 0.5) is 0 Å². The van der Waals surface area contributed by atoms with Gasteiger partial charge in [-0.3, -0.25) is 4.79 Å². The average molecular weight is 384 g/mol. The Labute approximate surface area is 152 Å². The van der Waals surface area contributed by atoms with Gasteiger partial charge in [-0.1, -0.05) is 29.3 Å². The molecule has 1 fully saturated rings. The Morgan fingerprint density at radius 2 is 2.09 bits per heavy atom. The SMILES string of the molecule is Cl.O=C(CNCC1CCCO1)NCC(O)c1c(Cl)cccc1Cl. The van der Waals surface area contributed by atoms with E-state index in [1.807, 2.05) is 0 Å². The van der Waals surface area contributed by atoms with Gasteiger partial charge in [0.05, 0.1) is 18.8 Å². The van der Waals surface area contributed by atoms with E-state index in [0.717, 1.165) is 19.4 Å². The lowest BCUT2D eigenvalue weighted by atomic mass is 10.1. The molecule has 0 radical (unpaired) electrons. The predicted molar refractivity (Wildman–Crippen MR) is 93.5 cm³/mol. The third-order valence-corrected chi connectivity index (χ3v) is 4.17. The zero-order valence-electron chi connectivity index (χ0n) is 12.6. The number of carbonyl (C=O) groups is 1.